The molecule has 0 saturated carbocycles. The number of unbranched alkanes of at least 4 members (excludes halogenated alkanes) is 3. The molecule has 0 aromatic carbocycles. The van der Waals surface area contributed by atoms with Gasteiger partial charge in [-0.3, -0.25) is 0 Å². The highest BCUT2D eigenvalue weighted by atomic mass is 16.1. The van der Waals surface area contributed by atoms with Crippen LogP contribution in [0.1, 0.15) is 46.0 Å². The molecular weight excluding hydrogens is 200 g/mol. The summed E-state index contributed by atoms with van der Waals surface area (Å²) in [5, 5.41) is 0. The summed E-state index contributed by atoms with van der Waals surface area (Å²) in [6, 6.07) is 5.43. The number of nitrogen functional groups attached to an aromatic ring is 1. The van der Waals surface area contributed by atoms with E-state index in [1.54, 1.807) is 19.2 Å². The Morgan fingerprint density at radius 1 is 1.31 bits per heavy atom. The molecule has 0 aliphatic rings. The Kier molecular flexibility index (Phi) is 9.27. The summed E-state index contributed by atoms with van der Waals surface area (Å²) >= 11 is 0. The average Bonchev–Trinajstić information content (AvgIpc) is 2.26. The molecule has 1 heterocycles. The molecule has 0 aliphatic carbocycles. The first-order valence-corrected chi connectivity index (χ1v) is 5.82. The van der Waals surface area contributed by atoms with Crippen molar-refractivity contribution >= 4 is 11.6 Å². The van der Waals surface area contributed by atoms with Crippen LogP contribution in [0.3, 0.4) is 0 Å². The summed E-state index contributed by atoms with van der Waals surface area (Å²) < 4.78 is 0. The molecule has 1 aromatic heterocycles. The first kappa shape index (κ1) is 14.6. The molecule has 0 saturated heterocycles. The van der Waals surface area contributed by atoms with Gasteiger partial charge in [-0.15, -0.1) is 0 Å². The van der Waals surface area contributed by atoms with Crippen molar-refractivity contribution in [2.75, 3.05) is 5.73 Å². The minimum atomic E-state index is 0.325. The number of pyridine rings is 1. The molecule has 90 valence electrons. The fourth-order valence-corrected chi connectivity index (χ4v) is 1.18. The van der Waals surface area contributed by atoms with Gasteiger partial charge in [0, 0.05) is 12.6 Å². The first-order chi connectivity index (χ1) is 7.66. The molecule has 3 nitrogen and oxygen atoms in total. The minimum Gasteiger partial charge on any atom is -0.384 e. The number of carbonyl (C=O) groups is 1. The van der Waals surface area contributed by atoms with E-state index >= 15 is 0 Å². The maximum Gasteiger partial charge on any atom is 0.129 e. The van der Waals surface area contributed by atoms with Crippen molar-refractivity contribution < 1.29 is 4.79 Å². The van der Waals surface area contributed by atoms with Crippen LogP contribution in [0, 0.1) is 0 Å². The molecule has 1 aromatic rings. The average molecular weight is 222 g/mol. The van der Waals surface area contributed by atoms with Gasteiger partial charge in [-0.25, -0.2) is 4.98 Å². The number of aromatic nitrogens is 1. The topological polar surface area (TPSA) is 56.0 Å². The molecule has 3 heteroatoms. The summed E-state index contributed by atoms with van der Waals surface area (Å²) in [5.74, 6) is 0.897. The predicted octanol–water partition coefficient (Wildman–Crippen LogP) is 3.21. The highest BCUT2D eigenvalue weighted by Crippen LogP contribution is 2.01. The SMILES string of the molecule is CCCCCCC(C)=O.Nc1ccccn1. The van der Waals surface area contributed by atoms with Gasteiger partial charge in [0.25, 0.3) is 0 Å². The summed E-state index contributed by atoms with van der Waals surface area (Å²) in [7, 11) is 0. The van der Waals surface area contributed by atoms with Crippen LogP contribution in [0.2, 0.25) is 0 Å². The highest BCUT2D eigenvalue weighted by Gasteiger charge is 1.91. The van der Waals surface area contributed by atoms with Gasteiger partial charge in [-0.2, -0.15) is 0 Å². The van der Waals surface area contributed by atoms with Crippen molar-refractivity contribution in [1.82, 2.24) is 4.98 Å². The Labute approximate surface area is 98.1 Å². The molecule has 0 radical (unpaired) electrons. The Hall–Kier alpha value is -1.38. The summed E-state index contributed by atoms with van der Waals surface area (Å²) in [6.07, 6.45) is 7.26. The Bertz CT molecular complexity index is 273. The Balaban J connectivity index is 0.000000288. The van der Waals surface area contributed by atoms with Gasteiger partial charge in [0.05, 0.1) is 0 Å². The van der Waals surface area contributed by atoms with Gasteiger partial charge in [0.2, 0.25) is 0 Å². The number of rotatable bonds is 5. The third-order valence-electron chi connectivity index (χ3n) is 2.07. The zero-order valence-corrected chi connectivity index (χ0v) is 10.3. The number of ketones is 1. The Morgan fingerprint density at radius 2 is 2.06 bits per heavy atom. The lowest BCUT2D eigenvalue weighted by Crippen LogP contribution is -1.88. The number of hydrogen-bond acceptors (Lipinski definition) is 3. The van der Waals surface area contributed by atoms with E-state index in [1.165, 1.54) is 19.3 Å². The predicted molar refractivity (Wildman–Crippen MR) is 68.1 cm³/mol. The van der Waals surface area contributed by atoms with Gasteiger partial charge in [-0.05, 0) is 25.5 Å². The largest absolute Gasteiger partial charge is 0.384 e. The van der Waals surface area contributed by atoms with E-state index < -0.39 is 0 Å². The van der Waals surface area contributed by atoms with E-state index in [9.17, 15) is 4.79 Å². The van der Waals surface area contributed by atoms with Gasteiger partial charge < -0.3 is 10.5 Å². The van der Waals surface area contributed by atoms with Crippen LogP contribution in [0.5, 0.6) is 0 Å². The lowest BCUT2D eigenvalue weighted by molar-refractivity contribution is -0.117. The fourth-order valence-electron chi connectivity index (χ4n) is 1.18. The Morgan fingerprint density at radius 3 is 2.44 bits per heavy atom. The van der Waals surface area contributed by atoms with Crippen molar-refractivity contribution in [3.63, 3.8) is 0 Å². The molecule has 0 fully saturated rings. The van der Waals surface area contributed by atoms with Crippen LogP contribution in [0.4, 0.5) is 5.82 Å². The van der Waals surface area contributed by atoms with E-state index in [0.717, 1.165) is 12.8 Å². The van der Waals surface area contributed by atoms with Crippen molar-refractivity contribution in [2.45, 2.75) is 46.0 Å². The van der Waals surface area contributed by atoms with Gasteiger partial charge in [0.15, 0.2) is 0 Å². The molecule has 0 bridgehead atoms. The zero-order chi connectivity index (χ0) is 12.2. The molecule has 0 spiro atoms. The summed E-state index contributed by atoms with van der Waals surface area (Å²) in [5.41, 5.74) is 5.25. The zero-order valence-electron chi connectivity index (χ0n) is 10.3. The highest BCUT2D eigenvalue weighted by molar-refractivity contribution is 5.75. The van der Waals surface area contributed by atoms with E-state index in [2.05, 4.69) is 11.9 Å². The van der Waals surface area contributed by atoms with Crippen LogP contribution in [0.25, 0.3) is 0 Å². The molecule has 2 N–H and O–H groups in total. The molecule has 0 atom stereocenters. The lowest BCUT2D eigenvalue weighted by Gasteiger charge is -1.93. The van der Waals surface area contributed by atoms with Crippen LogP contribution < -0.4 is 5.73 Å². The van der Waals surface area contributed by atoms with E-state index in [1.807, 2.05) is 12.1 Å². The van der Waals surface area contributed by atoms with E-state index in [-0.39, 0.29) is 0 Å². The first-order valence-electron chi connectivity index (χ1n) is 5.82. The number of nitrogens with zero attached hydrogens (tertiary/aromatic N) is 1. The van der Waals surface area contributed by atoms with Crippen LogP contribution in [-0.4, -0.2) is 10.8 Å². The maximum atomic E-state index is 10.4. The second-order valence-electron chi connectivity index (χ2n) is 3.77. The normalized spacial score (nSPS) is 9.12. The number of carbonyl (C=O) groups excluding carboxylic acids is 1. The van der Waals surface area contributed by atoms with Crippen molar-refractivity contribution in [1.29, 1.82) is 0 Å². The van der Waals surface area contributed by atoms with Gasteiger partial charge in [-0.1, -0.05) is 32.3 Å². The van der Waals surface area contributed by atoms with Gasteiger partial charge >= 0.3 is 0 Å². The molecule has 16 heavy (non-hydrogen) atoms. The fraction of sp³-hybridized carbons (Fsp3) is 0.538. The van der Waals surface area contributed by atoms with Gasteiger partial charge in [0.1, 0.15) is 11.6 Å². The lowest BCUT2D eigenvalue weighted by atomic mass is 10.1. The van der Waals surface area contributed by atoms with E-state index in [0.29, 0.717) is 11.6 Å². The third-order valence-corrected chi connectivity index (χ3v) is 2.07. The van der Waals surface area contributed by atoms with Crippen LogP contribution >= 0.6 is 0 Å². The second-order valence-corrected chi connectivity index (χ2v) is 3.77. The summed E-state index contributed by atoms with van der Waals surface area (Å²) in [4.78, 5) is 14.2. The summed E-state index contributed by atoms with van der Waals surface area (Å²) in [6.45, 7) is 3.83. The standard InChI is InChI=1S/C8H16O.C5H6N2/c1-3-4-5-6-7-8(2)9;6-5-3-1-2-4-7-5/h3-7H2,1-2H3;1-4H,(H2,6,7). The quantitative estimate of drug-likeness (QED) is 0.778. The van der Waals surface area contributed by atoms with Crippen molar-refractivity contribution in [2.24, 2.45) is 0 Å². The molecule has 0 amide bonds. The third kappa shape index (κ3) is 10.7. The number of Topliss-reactive ketones (excluding diaryl/α,β-unsaturated/α-hetero) is 1. The molecule has 1 rings (SSSR count). The van der Waals surface area contributed by atoms with E-state index in [4.69, 9.17) is 5.73 Å². The smallest absolute Gasteiger partial charge is 0.129 e. The van der Waals surface area contributed by atoms with Crippen LogP contribution in [0.15, 0.2) is 24.4 Å². The van der Waals surface area contributed by atoms with Crippen molar-refractivity contribution in [3.8, 4) is 0 Å². The number of hydrogen-bond donors (Lipinski definition) is 1. The molecule has 0 aliphatic heterocycles. The van der Waals surface area contributed by atoms with Crippen molar-refractivity contribution in [3.05, 3.63) is 24.4 Å². The maximum absolute atomic E-state index is 10.4. The minimum absolute atomic E-state index is 0.325. The van der Waals surface area contributed by atoms with Crippen LogP contribution in [-0.2, 0) is 4.79 Å². The number of nitrogens with two attached hydrogens (primary N) is 1. The molecule has 0 unspecified atom stereocenters. The number of anilines is 1. The second kappa shape index (κ2) is 10.1. The monoisotopic (exact) mass is 222 g/mol. The molecular formula is C13H22N2O.